The van der Waals surface area contributed by atoms with Crippen molar-refractivity contribution < 1.29 is 7.65 Å². The Labute approximate surface area is 68.0 Å². The quantitative estimate of drug-likeness (QED) is 0.470. The van der Waals surface area contributed by atoms with Crippen LogP contribution in [0.15, 0.2) is 18.2 Å². The van der Waals surface area contributed by atoms with Crippen molar-refractivity contribution in [2.24, 2.45) is 0 Å². The summed E-state index contributed by atoms with van der Waals surface area (Å²) in [6.45, 7) is 1.49. The molecule has 0 aliphatic rings. The molecule has 0 atom stereocenters. The molecule has 0 saturated carbocycles. The summed E-state index contributed by atoms with van der Waals surface area (Å²) in [5, 5.41) is 0. The first-order valence-corrected chi connectivity index (χ1v) is 3.27. The van der Waals surface area contributed by atoms with E-state index in [1.54, 1.807) is 18.2 Å². The van der Waals surface area contributed by atoms with Gasteiger partial charge in [-0.25, -0.2) is 0 Å². The molecule has 0 unspecified atom stereocenters. The largest absolute Gasteiger partial charge is 1.00 e. The van der Waals surface area contributed by atoms with Crippen LogP contribution in [0.3, 0.4) is 0 Å². The lowest BCUT2D eigenvalue weighted by atomic mass is 10.1. The molecule has 1 aromatic carbocycles. The van der Waals surface area contributed by atoms with Gasteiger partial charge in [0, 0.05) is 5.56 Å². The van der Waals surface area contributed by atoms with E-state index < -0.39 is 0 Å². The Bertz CT molecular complexity index is 302. The molecule has 3 heteroatoms. The van der Waals surface area contributed by atoms with E-state index in [1.165, 1.54) is 6.92 Å². The maximum absolute atomic E-state index is 10.8. The Hall–Kier alpha value is -1.51. The van der Waals surface area contributed by atoms with Gasteiger partial charge in [-0.1, -0.05) is 0 Å². The SMILES string of the molecule is CC(=O)c1ccc(N)c(N)c1.[H+].[H+]. The minimum Gasteiger partial charge on any atom is -0.397 e. The number of anilines is 2. The first-order chi connectivity index (χ1) is 5.11. The highest BCUT2D eigenvalue weighted by molar-refractivity contribution is 5.95. The molecule has 0 fully saturated rings. The third-order valence-electron chi connectivity index (χ3n) is 1.49. The molecule has 0 heterocycles. The Morgan fingerprint density at radius 3 is 2.45 bits per heavy atom. The lowest BCUT2D eigenvalue weighted by molar-refractivity contribution is 0.101. The summed E-state index contributed by atoms with van der Waals surface area (Å²) in [5.41, 5.74) is 12.5. The third kappa shape index (κ3) is 1.49. The van der Waals surface area contributed by atoms with Crippen molar-refractivity contribution in [1.82, 2.24) is 0 Å². The van der Waals surface area contributed by atoms with Gasteiger partial charge in [0.25, 0.3) is 0 Å². The summed E-state index contributed by atoms with van der Waals surface area (Å²) in [6.07, 6.45) is 0. The van der Waals surface area contributed by atoms with Crippen LogP contribution < -0.4 is 11.5 Å². The van der Waals surface area contributed by atoms with E-state index in [2.05, 4.69) is 0 Å². The zero-order chi connectivity index (χ0) is 8.43. The van der Waals surface area contributed by atoms with Crippen molar-refractivity contribution in [1.29, 1.82) is 0 Å². The van der Waals surface area contributed by atoms with Crippen molar-refractivity contribution >= 4 is 17.2 Å². The van der Waals surface area contributed by atoms with Crippen molar-refractivity contribution in [2.75, 3.05) is 11.5 Å². The van der Waals surface area contributed by atoms with Gasteiger partial charge >= 0.3 is 2.85 Å². The molecule has 0 aliphatic heterocycles. The van der Waals surface area contributed by atoms with Crippen LogP contribution in [0.1, 0.15) is 20.1 Å². The van der Waals surface area contributed by atoms with E-state index in [0.717, 1.165) is 0 Å². The van der Waals surface area contributed by atoms with E-state index in [-0.39, 0.29) is 8.64 Å². The van der Waals surface area contributed by atoms with E-state index >= 15 is 0 Å². The number of benzene rings is 1. The van der Waals surface area contributed by atoms with Crippen LogP contribution >= 0.6 is 0 Å². The second-order valence-electron chi connectivity index (χ2n) is 2.40. The Morgan fingerprint density at radius 1 is 1.36 bits per heavy atom. The van der Waals surface area contributed by atoms with Gasteiger partial charge in [0.2, 0.25) is 0 Å². The average Bonchev–Trinajstić information content (AvgIpc) is 1.94. The monoisotopic (exact) mass is 152 g/mol. The summed E-state index contributed by atoms with van der Waals surface area (Å²) in [4.78, 5) is 10.8. The number of hydrogen-bond acceptors (Lipinski definition) is 3. The summed E-state index contributed by atoms with van der Waals surface area (Å²) < 4.78 is 0. The standard InChI is InChI=1S/C8H10N2O/c1-5(11)6-2-3-7(9)8(10)4-6/h2-4H,9-10H2,1H3/p+2. The number of ketones is 1. The normalized spacial score (nSPS) is 9.55. The van der Waals surface area contributed by atoms with Gasteiger partial charge in [0.05, 0.1) is 11.4 Å². The number of carbonyl (C=O) groups is 1. The van der Waals surface area contributed by atoms with Crippen LogP contribution in [0.5, 0.6) is 0 Å². The maximum atomic E-state index is 10.8. The predicted octanol–water partition coefficient (Wildman–Crippen LogP) is 1.28. The van der Waals surface area contributed by atoms with Gasteiger partial charge in [0.15, 0.2) is 5.78 Å². The van der Waals surface area contributed by atoms with Crippen LogP contribution in [0, 0.1) is 0 Å². The molecule has 4 N–H and O–H groups in total. The lowest BCUT2D eigenvalue weighted by Crippen LogP contribution is -1.98. The molecule has 58 valence electrons. The van der Waals surface area contributed by atoms with Crippen LogP contribution in [0.25, 0.3) is 0 Å². The van der Waals surface area contributed by atoms with Crippen LogP contribution in [-0.4, -0.2) is 5.78 Å². The first-order valence-electron chi connectivity index (χ1n) is 3.27. The van der Waals surface area contributed by atoms with Gasteiger partial charge in [0.1, 0.15) is 0 Å². The lowest BCUT2D eigenvalue weighted by Gasteiger charge is -2.00. The number of nitrogen functional groups attached to an aromatic ring is 2. The zero-order valence-electron chi connectivity index (χ0n) is 8.29. The number of nitrogens with two attached hydrogens (primary N) is 2. The zero-order valence-corrected chi connectivity index (χ0v) is 6.29. The molecule has 3 nitrogen and oxygen atoms in total. The summed E-state index contributed by atoms with van der Waals surface area (Å²) in [5.74, 6) is -0.00306. The first kappa shape index (κ1) is 7.60. The second-order valence-corrected chi connectivity index (χ2v) is 2.40. The molecule has 1 aromatic rings. The van der Waals surface area contributed by atoms with Crippen molar-refractivity contribution in [3.63, 3.8) is 0 Å². The summed E-state index contributed by atoms with van der Waals surface area (Å²) in [6, 6.07) is 4.87. The molecule has 0 aliphatic carbocycles. The number of carbonyl (C=O) groups excluding carboxylic acids is 1. The maximum Gasteiger partial charge on any atom is 1.00 e. The third-order valence-corrected chi connectivity index (χ3v) is 1.49. The highest BCUT2D eigenvalue weighted by Crippen LogP contribution is 2.15. The molecular weight excluding hydrogens is 140 g/mol. The van der Waals surface area contributed by atoms with Crippen molar-refractivity contribution in [3.8, 4) is 0 Å². The van der Waals surface area contributed by atoms with Gasteiger partial charge in [-0.2, -0.15) is 0 Å². The van der Waals surface area contributed by atoms with E-state index in [4.69, 9.17) is 11.5 Å². The van der Waals surface area contributed by atoms with E-state index in [9.17, 15) is 4.79 Å². The highest BCUT2D eigenvalue weighted by atomic mass is 16.1. The Kier molecular flexibility index (Phi) is 1.81. The number of Topliss-reactive ketones (excluding diaryl/α,β-unsaturated/α-hetero) is 1. The number of hydrogen-bond donors (Lipinski definition) is 2. The van der Waals surface area contributed by atoms with Crippen LogP contribution in [0.4, 0.5) is 11.4 Å². The van der Waals surface area contributed by atoms with Gasteiger partial charge < -0.3 is 11.5 Å². The molecule has 1 rings (SSSR count). The van der Waals surface area contributed by atoms with Crippen molar-refractivity contribution in [3.05, 3.63) is 23.8 Å². The average molecular weight is 152 g/mol. The minimum absolute atomic E-state index is 0. The number of rotatable bonds is 1. The van der Waals surface area contributed by atoms with Crippen LogP contribution in [0.2, 0.25) is 0 Å². The van der Waals surface area contributed by atoms with Crippen LogP contribution in [-0.2, 0) is 0 Å². The van der Waals surface area contributed by atoms with Gasteiger partial charge in [-0.15, -0.1) is 0 Å². The predicted molar refractivity (Wildman–Crippen MR) is 47.5 cm³/mol. The fraction of sp³-hybridized carbons (Fsp3) is 0.125. The molecule has 0 bridgehead atoms. The topological polar surface area (TPSA) is 69.1 Å². The van der Waals surface area contributed by atoms with Gasteiger partial charge in [-0.05, 0) is 25.1 Å². The fourth-order valence-electron chi connectivity index (χ4n) is 0.794. The molecule has 0 aromatic heterocycles. The Balaban J connectivity index is 0. The summed E-state index contributed by atoms with van der Waals surface area (Å²) in [7, 11) is 0. The van der Waals surface area contributed by atoms with Crippen molar-refractivity contribution in [2.45, 2.75) is 6.92 Å². The minimum atomic E-state index is -0.00306. The second kappa shape index (κ2) is 2.62. The molecule has 0 saturated heterocycles. The van der Waals surface area contributed by atoms with E-state index in [0.29, 0.717) is 16.9 Å². The molecule has 0 radical (unpaired) electrons. The molecule has 0 spiro atoms. The van der Waals surface area contributed by atoms with E-state index in [1.807, 2.05) is 0 Å². The highest BCUT2D eigenvalue weighted by Gasteiger charge is 2.00. The molecule has 11 heavy (non-hydrogen) atoms. The molecular formula is C8H12N2O+2. The Morgan fingerprint density at radius 2 is 2.00 bits per heavy atom. The fourth-order valence-corrected chi connectivity index (χ4v) is 0.794. The smallest absolute Gasteiger partial charge is 0.397 e. The van der Waals surface area contributed by atoms with Gasteiger partial charge in [-0.3, -0.25) is 4.79 Å². The molecule has 0 amide bonds. The summed E-state index contributed by atoms with van der Waals surface area (Å²) >= 11 is 0.